The van der Waals surface area contributed by atoms with Crippen molar-refractivity contribution >= 4 is 16.7 Å². The molecule has 0 saturated carbocycles. The number of fused-ring (bicyclic) bond motifs is 1. The highest BCUT2D eigenvalue weighted by Gasteiger charge is 2.32. The lowest BCUT2D eigenvalue weighted by Gasteiger charge is -2.15. The first-order valence-corrected chi connectivity index (χ1v) is 8.15. The number of hydrogen-bond acceptors (Lipinski definition) is 3. The van der Waals surface area contributed by atoms with Crippen LogP contribution in [0, 0.1) is 6.92 Å². The van der Waals surface area contributed by atoms with E-state index in [4.69, 9.17) is 0 Å². The second-order valence-corrected chi connectivity index (χ2v) is 6.03. The molecular formula is C18H18F4N4. The van der Waals surface area contributed by atoms with Crippen molar-refractivity contribution in [3.8, 4) is 0 Å². The smallest absolute Gasteiger partial charge is 0.380 e. The summed E-state index contributed by atoms with van der Waals surface area (Å²) in [5, 5.41) is 3.64. The zero-order valence-electron chi connectivity index (χ0n) is 14.3. The third-order valence-corrected chi connectivity index (χ3v) is 4.31. The molecule has 0 saturated heterocycles. The summed E-state index contributed by atoms with van der Waals surface area (Å²) in [7, 11) is 0. The average molecular weight is 366 g/mol. The number of H-pyrrole nitrogens is 1. The second-order valence-electron chi connectivity index (χ2n) is 6.03. The van der Waals surface area contributed by atoms with Crippen LogP contribution in [-0.2, 0) is 25.8 Å². The minimum absolute atomic E-state index is 0.190. The minimum Gasteiger partial charge on any atom is -0.380 e. The molecular weight excluding hydrogens is 348 g/mol. The maximum atomic E-state index is 13.0. The number of alkyl halides is 4. The molecule has 0 unspecified atom stereocenters. The van der Waals surface area contributed by atoms with Crippen molar-refractivity contribution < 1.29 is 17.6 Å². The van der Waals surface area contributed by atoms with Crippen molar-refractivity contribution in [2.24, 2.45) is 0 Å². The number of anilines is 1. The van der Waals surface area contributed by atoms with E-state index in [9.17, 15) is 17.6 Å². The fraction of sp³-hybridized carbons (Fsp3) is 0.333. The molecule has 138 valence electrons. The highest BCUT2D eigenvalue weighted by atomic mass is 19.4. The van der Waals surface area contributed by atoms with Gasteiger partial charge in [-0.05, 0) is 42.2 Å². The number of hydrogen-bond donors (Lipinski definition) is 2. The van der Waals surface area contributed by atoms with E-state index >= 15 is 0 Å². The van der Waals surface area contributed by atoms with E-state index in [0.29, 0.717) is 17.6 Å². The molecule has 0 fully saturated rings. The molecule has 4 nitrogen and oxygen atoms in total. The van der Waals surface area contributed by atoms with Gasteiger partial charge in [0.25, 0.3) is 0 Å². The number of aromatic amines is 1. The van der Waals surface area contributed by atoms with Crippen LogP contribution >= 0.6 is 0 Å². The van der Waals surface area contributed by atoms with Gasteiger partial charge >= 0.3 is 6.18 Å². The van der Waals surface area contributed by atoms with Gasteiger partial charge in [-0.25, -0.2) is 9.37 Å². The van der Waals surface area contributed by atoms with Crippen LogP contribution in [0.1, 0.15) is 35.0 Å². The molecule has 0 aromatic carbocycles. The lowest BCUT2D eigenvalue weighted by atomic mass is 10.1. The Labute approximate surface area is 147 Å². The summed E-state index contributed by atoms with van der Waals surface area (Å²) >= 11 is 0. The quantitative estimate of drug-likeness (QED) is 0.630. The average Bonchev–Trinajstić information content (AvgIpc) is 3.04. The first kappa shape index (κ1) is 18.2. The molecule has 3 heterocycles. The number of aryl methyl sites for hydroxylation is 1. The third kappa shape index (κ3) is 3.49. The molecule has 0 aliphatic carbocycles. The molecule has 0 aliphatic rings. The van der Waals surface area contributed by atoms with Crippen LogP contribution < -0.4 is 5.32 Å². The molecule has 3 aromatic rings. The molecule has 0 bridgehead atoms. The number of nitrogens with one attached hydrogen (secondary N) is 2. The lowest BCUT2D eigenvalue weighted by Crippen LogP contribution is -2.07. The Hall–Kier alpha value is -2.64. The SMILES string of the molecule is CCc1cnc(CF)c(C)c1NCc1cnc2[nH]c(C(F)(F)F)cc2c1. The summed E-state index contributed by atoms with van der Waals surface area (Å²) in [6.45, 7) is 3.48. The molecule has 3 rings (SSSR count). The molecule has 0 amide bonds. The second kappa shape index (κ2) is 6.93. The van der Waals surface area contributed by atoms with E-state index in [0.717, 1.165) is 34.9 Å². The molecule has 0 aliphatic heterocycles. The van der Waals surface area contributed by atoms with E-state index in [1.54, 1.807) is 19.2 Å². The summed E-state index contributed by atoms with van der Waals surface area (Å²) in [5.41, 5.74) is 2.96. The summed E-state index contributed by atoms with van der Waals surface area (Å²) in [5.74, 6) is 0. The monoisotopic (exact) mass is 366 g/mol. The maximum absolute atomic E-state index is 13.0. The van der Waals surface area contributed by atoms with Crippen LogP contribution in [-0.4, -0.2) is 15.0 Å². The van der Waals surface area contributed by atoms with E-state index in [-0.39, 0.29) is 5.65 Å². The van der Waals surface area contributed by atoms with E-state index in [1.165, 1.54) is 6.20 Å². The van der Waals surface area contributed by atoms with Gasteiger partial charge in [0.05, 0.1) is 5.69 Å². The fourth-order valence-corrected chi connectivity index (χ4v) is 2.85. The Morgan fingerprint density at radius 1 is 1.15 bits per heavy atom. The van der Waals surface area contributed by atoms with Crippen molar-refractivity contribution in [2.45, 2.75) is 39.7 Å². The molecule has 8 heteroatoms. The summed E-state index contributed by atoms with van der Waals surface area (Å²) in [6, 6.07) is 2.70. The van der Waals surface area contributed by atoms with Crippen molar-refractivity contribution in [1.82, 2.24) is 15.0 Å². The number of nitrogens with zero attached hydrogens (tertiary/aromatic N) is 2. The predicted molar refractivity (Wildman–Crippen MR) is 91.6 cm³/mol. The van der Waals surface area contributed by atoms with E-state index in [1.807, 2.05) is 6.92 Å². The van der Waals surface area contributed by atoms with Crippen molar-refractivity contribution in [1.29, 1.82) is 0 Å². The summed E-state index contributed by atoms with van der Waals surface area (Å²) in [4.78, 5) is 10.4. The largest absolute Gasteiger partial charge is 0.431 e. The Morgan fingerprint density at radius 3 is 2.58 bits per heavy atom. The van der Waals surface area contributed by atoms with Gasteiger partial charge in [0.2, 0.25) is 0 Å². The first-order chi connectivity index (χ1) is 12.3. The van der Waals surface area contributed by atoms with Crippen LogP contribution in [0.4, 0.5) is 23.2 Å². The van der Waals surface area contributed by atoms with Crippen LogP contribution in [0.3, 0.4) is 0 Å². The lowest BCUT2D eigenvalue weighted by molar-refractivity contribution is -0.140. The van der Waals surface area contributed by atoms with Gasteiger partial charge < -0.3 is 10.3 Å². The highest BCUT2D eigenvalue weighted by molar-refractivity contribution is 5.77. The van der Waals surface area contributed by atoms with Crippen molar-refractivity contribution in [2.75, 3.05) is 5.32 Å². The van der Waals surface area contributed by atoms with Crippen LogP contribution in [0.5, 0.6) is 0 Å². The summed E-state index contributed by atoms with van der Waals surface area (Å²) < 4.78 is 51.4. The predicted octanol–water partition coefficient (Wildman–Crippen LogP) is 4.93. The van der Waals surface area contributed by atoms with Gasteiger partial charge in [-0.1, -0.05) is 6.92 Å². The van der Waals surface area contributed by atoms with Crippen LogP contribution in [0.25, 0.3) is 11.0 Å². The number of aromatic nitrogens is 3. The fourth-order valence-electron chi connectivity index (χ4n) is 2.85. The standard InChI is InChI=1S/C18H18F4N4/c1-3-12-9-23-14(6-19)10(2)16(12)24-7-11-4-13-5-15(18(20,21)22)26-17(13)25-8-11/h4-5,8-9H,3,6-7H2,1-2H3,(H,23,24)(H,25,26). The topological polar surface area (TPSA) is 53.6 Å². The Morgan fingerprint density at radius 2 is 1.92 bits per heavy atom. The van der Waals surface area contributed by atoms with Gasteiger partial charge in [0, 0.05) is 30.0 Å². The van der Waals surface area contributed by atoms with E-state index in [2.05, 4.69) is 20.3 Å². The zero-order valence-corrected chi connectivity index (χ0v) is 14.3. The van der Waals surface area contributed by atoms with Crippen LogP contribution in [0.15, 0.2) is 24.5 Å². The van der Waals surface area contributed by atoms with Gasteiger partial charge in [-0.15, -0.1) is 0 Å². The zero-order chi connectivity index (χ0) is 18.9. The first-order valence-electron chi connectivity index (χ1n) is 8.15. The van der Waals surface area contributed by atoms with E-state index < -0.39 is 18.5 Å². The normalized spacial score (nSPS) is 11.9. The number of halogens is 4. The van der Waals surface area contributed by atoms with Gasteiger partial charge in [-0.3, -0.25) is 4.98 Å². The maximum Gasteiger partial charge on any atom is 0.431 e. The molecule has 0 radical (unpaired) electrons. The van der Waals surface area contributed by atoms with Crippen LogP contribution in [0.2, 0.25) is 0 Å². The Balaban J connectivity index is 1.86. The molecule has 3 aromatic heterocycles. The number of rotatable bonds is 5. The molecule has 2 N–H and O–H groups in total. The molecule has 0 spiro atoms. The van der Waals surface area contributed by atoms with Gasteiger partial charge in [0.1, 0.15) is 18.0 Å². The molecule has 0 atom stereocenters. The van der Waals surface area contributed by atoms with Crippen molar-refractivity contribution in [3.05, 3.63) is 52.6 Å². The Bertz CT molecular complexity index is 931. The Kier molecular flexibility index (Phi) is 4.84. The van der Waals surface area contributed by atoms with Gasteiger partial charge in [-0.2, -0.15) is 13.2 Å². The molecule has 26 heavy (non-hydrogen) atoms. The minimum atomic E-state index is -4.44. The van der Waals surface area contributed by atoms with Gasteiger partial charge in [0.15, 0.2) is 0 Å². The highest BCUT2D eigenvalue weighted by Crippen LogP contribution is 2.31. The summed E-state index contributed by atoms with van der Waals surface area (Å²) in [6.07, 6.45) is -0.545. The third-order valence-electron chi connectivity index (χ3n) is 4.31. The number of pyridine rings is 2. The van der Waals surface area contributed by atoms with Crippen molar-refractivity contribution in [3.63, 3.8) is 0 Å².